The molecular formula is C14H14FeO3. The molecule has 1 spiro atoms. The second-order valence-corrected chi connectivity index (χ2v) is 34.6. The van der Waals surface area contributed by atoms with Crippen molar-refractivity contribution in [3.63, 3.8) is 0 Å². The monoisotopic (exact) mass is 286 g/mol. The van der Waals surface area contributed by atoms with Gasteiger partial charge >= 0.3 is 93.5 Å². The zero-order chi connectivity index (χ0) is 11.6. The molecule has 0 amide bonds. The Kier molecular flexibility index (Phi) is 0.213. The normalized spacial score (nSPS) is 115. The molecule has 0 aromatic rings. The second kappa shape index (κ2) is 0.557. The Morgan fingerprint density at radius 2 is 1.61 bits per heavy atom. The van der Waals surface area contributed by atoms with Crippen molar-refractivity contribution in [1.82, 2.24) is 0 Å². The predicted molar refractivity (Wildman–Crippen MR) is 58.2 cm³/mol. The minimum atomic E-state index is -3.29. The summed E-state index contributed by atoms with van der Waals surface area (Å²) in [6, 6.07) is 0. The molecule has 10 fully saturated rings. The third-order valence-corrected chi connectivity index (χ3v) is 58.7. The molecule has 3 nitrogen and oxygen atoms in total. The van der Waals surface area contributed by atoms with Crippen LogP contribution in [0.1, 0.15) is 6.42 Å². The van der Waals surface area contributed by atoms with Crippen molar-refractivity contribution in [3.8, 4) is 0 Å². The van der Waals surface area contributed by atoms with Crippen molar-refractivity contribution in [2.75, 3.05) is 0 Å². The summed E-state index contributed by atoms with van der Waals surface area (Å²) < 4.78 is 0.353. The van der Waals surface area contributed by atoms with Crippen LogP contribution in [0.2, 0.25) is 47.7 Å². The average Bonchev–Trinajstić information content (AvgIpc) is 3.26. The summed E-state index contributed by atoms with van der Waals surface area (Å²) in [6.45, 7) is -3.29. The van der Waals surface area contributed by atoms with E-state index in [9.17, 15) is 14.7 Å². The second-order valence-electron chi connectivity index (χ2n) is 11.0. The molecule has 4 heteroatoms. The van der Waals surface area contributed by atoms with E-state index in [4.69, 9.17) is 0 Å². The van der Waals surface area contributed by atoms with Crippen LogP contribution in [0.25, 0.3) is 0 Å². The quantitative estimate of drug-likeness (QED) is 0.638. The summed E-state index contributed by atoms with van der Waals surface area (Å²) in [7, 11) is 0. The Balaban J connectivity index is 1.53. The van der Waals surface area contributed by atoms with E-state index in [0.29, 0.717) is 10.7 Å². The molecule has 18 heavy (non-hydrogen) atoms. The number of carboxylic acids is 1. The Hall–Kier alpha value is -0.341. The van der Waals surface area contributed by atoms with Gasteiger partial charge in [-0.25, -0.2) is 0 Å². The van der Waals surface area contributed by atoms with Gasteiger partial charge < -0.3 is 0 Å². The number of fused-ring (bicyclic) bond motifs is 10. The van der Waals surface area contributed by atoms with Gasteiger partial charge in [-0.15, -0.1) is 0 Å². The average molecular weight is 286 g/mol. The molecule has 10 rings (SSSR count). The number of carbonyl (C=O) groups excluding carboxylic acids is 1. The molecule has 5 unspecified atom stereocenters. The number of carboxylic acid groups (broad SMARTS) is 1. The van der Waals surface area contributed by atoms with Crippen LogP contribution in [0.5, 0.6) is 0 Å². The number of aldehydes is 1. The van der Waals surface area contributed by atoms with Crippen LogP contribution in [0.15, 0.2) is 0 Å². The van der Waals surface area contributed by atoms with Crippen LogP contribution in [0, 0.1) is 5.92 Å². The maximum atomic E-state index is 11.8. The topological polar surface area (TPSA) is 54.4 Å². The number of hydrogen-bond donors (Lipinski definition) is 1. The first kappa shape index (κ1) is 6.90. The predicted octanol–water partition coefficient (Wildman–Crippen LogP) is 3.04. The zero-order valence-corrected chi connectivity index (χ0v) is 10.8. The van der Waals surface area contributed by atoms with Gasteiger partial charge in [0, 0.05) is 0 Å². The molecule has 10 heterocycles. The van der Waals surface area contributed by atoms with E-state index in [1.54, 1.807) is 0 Å². The summed E-state index contributed by atoms with van der Waals surface area (Å²) in [5.74, 6) is -0.848. The molecule has 96 valence electrons. The van der Waals surface area contributed by atoms with Gasteiger partial charge in [0.25, 0.3) is 0 Å². The van der Waals surface area contributed by atoms with Gasteiger partial charge in [-0.05, 0) is 0 Å². The first-order valence-electron chi connectivity index (χ1n) is 7.32. The summed E-state index contributed by atoms with van der Waals surface area (Å²) in [5, 5.41) is 9.71. The van der Waals surface area contributed by atoms with Gasteiger partial charge in [-0.3, -0.25) is 0 Å². The van der Waals surface area contributed by atoms with Crippen LogP contribution < -0.4 is 0 Å². The van der Waals surface area contributed by atoms with E-state index in [-0.39, 0.29) is 5.92 Å². The fourth-order valence-electron chi connectivity index (χ4n) is 17.9. The molecule has 0 aromatic heterocycles. The molecule has 5 atom stereocenters. The molecule has 0 bridgehead atoms. The molecule has 10 aliphatic heterocycles. The Labute approximate surface area is 93.6 Å². The molecule has 10 saturated heterocycles. The molecule has 0 saturated carbocycles. The van der Waals surface area contributed by atoms with Gasteiger partial charge in [0.1, 0.15) is 0 Å². The third-order valence-electron chi connectivity index (χ3n) is 15.9. The van der Waals surface area contributed by atoms with Crippen molar-refractivity contribution < 1.29 is 21.2 Å². The Bertz CT molecular complexity index is 960. The van der Waals surface area contributed by atoms with Crippen LogP contribution in [0.4, 0.5) is 0 Å². The zero-order valence-electron chi connectivity index (χ0n) is 9.68. The Morgan fingerprint density at radius 1 is 1.11 bits per heavy atom. The SMILES string of the molecule is O=CCC(C(=O)O)[C]12[CH]3[CH]4[CH]5[CH]1[Fe]45321678[CH]2[CH]1[CH]6[CH]7[CH]28. The number of aliphatic carboxylic acids is 1. The molecule has 0 aromatic carbocycles. The van der Waals surface area contributed by atoms with E-state index in [0.717, 1.165) is 49.6 Å². The van der Waals surface area contributed by atoms with Crippen molar-refractivity contribution in [2.45, 2.75) is 54.1 Å². The van der Waals surface area contributed by atoms with E-state index in [1.807, 2.05) is 0 Å². The van der Waals surface area contributed by atoms with Gasteiger partial charge in [-0.1, -0.05) is 0 Å². The maximum absolute atomic E-state index is 11.8. The van der Waals surface area contributed by atoms with Crippen LogP contribution in [-0.4, -0.2) is 17.4 Å². The summed E-state index contributed by atoms with van der Waals surface area (Å²) >= 11 is 0. The fourth-order valence-corrected chi connectivity index (χ4v) is 93.2. The van der Waals surface area contributed by atoms with E-state index in [2.05, 4.69) is 0 Å². The van der Waals surface area contributed by atoms with Crippen molar-refractivity contribution >= 4 is 12.3 Å². The molecular weight excluding hydrogens is 272 g/mol. The number of carbonyl (C=O) groups is 2. The van der Waals surface area contributed by atoms with Gasteiger partial charge in [0.15, 0.2) is 0 Å². The summed E-state index contributed by atoms with van der Waals surface area (Å²) in [4.78, 5) is 32.9. The number of hydrogen-bond acceptors (Lipinski definition) is 2. The van der Waals surface area contributed by atoms with E-state index < -0.39 is 12.5 Å². The third kappa shape index (κ3) is 0.0661. The van der Waals surface area contributed by atoms with Crippen LogP contribution in [-0.2, 0) is 16.1 Å². The van der Waals surface area contributed by atoms with Gasteiger partial charge in [-0.2, -0.15) is 0 Å². The minimum absolute atomic E-state index is 0.232. The number of rotatable bonds is 4. The van der Waals surface area contributed by atoms with Gasteiger partial charge in [0.2, 0.25) is 0 Å². The summed E-state index contributed by atoms with van der Waals surface area (Å²) in [5.41, 5.74) is 0. The molecule has 0 aliphatic carbocycles. The van der Waals surface area contributed by atoms with Gasteiger partial charge in [0.05, 0.1) is 0 Å². The standard InChI is InChI=1S/C9H9O3.C5H5.Fe/c10-6-5-8(9(11)12)7-3-1-2-4-7;1-2-4-5-3-1;/h1-4,6,8H,5H2,(H,11,12);1-5H;. The Morgan fingerprint density at radius 3 is 1.83 bits per heavy atom. The van der Waals surface area contributed by atoms with E-state index in [1.165, 1.54) is 0 Å². The molecule has 0 radical (unpaired) electrons. The van der Waals surface area contributed by atoms with Crippen LogP contribution in [0.3, 0.4) is 0 Å². The first-order valence-corrected chi connectivity index (χ1v) is 13.6. The fraction of sp³-hybridized carbons (Fsp3) is 0.857. The van der Waals surface area contributed by atoms with Crippen molar-refractivity contribution in [2.24, 2.45) is 5.92 Å². The van der Waals surface area contributed by atoms with E-state index >= 15 is 0 Å². The molecule has 10 aliphatic rings. The van der Waals surface area contributed by atoms with Crippen molar-refractivity contribution in [1.29, 1.82) is 0 Å². The summed E-state index contributed by atoms with van der Waals surface area (Å²) in [6.07, 6.45) is 1.24. The molecule has 1 N–H and O–H groups in total. The first-order chi connectivity index (χ1) is 8.44. The van der Waals surface area contributed by atoms with Crippen molar-refractivity contribution in [3.05, 3.63) is 0 Å². The van der Waals surface area contributed by atoms with Crippen LogP contribution >= 0.6 is 0 Å².